The number of rotatable bonds is 5. The fourth-order valence-corrected chi connectivity index (χ4v) is 4.52. The molecular formula is C23H22FNO3. The molecule has 3 unspecified atom stereocenters. The topological polar surface area (TPSA) is 46.6 Å². The van der Waals surface area contributed by atoms with E-state index in [1.165, 1.54) is 12.1 Å². The Morgan fingerprint density at radius 2 is 1.89 bits per heavy atom. The van der Waals surface area contributed by atoms with Crippen LogP contribution in [0.15, 0.2) is 66.7 Å². The molecule has 0 N–H and O–H groups in total. The zero-order valence-corrected chi connectivity index (χ0v) is 15.7. The monoisotopic (exact) mass is 379 g/mol. The summed E-state index contributed by atoms with van der Waals surface area (Å²) < 4.78 is 20.3. The summed E-state index contributed by atoms with van der Waals surface area (Å²) in [7, 11) is 0. The lowest BCUT2D eigenvalue weighted by Gasteiger charge is -2.36. The molecule has 4 rings (SSSR count). The van der Waals surface area contributed by atoms with Crippen molar-refractivity contribution in [3.05, 3.63) is 83.7 Å². The number of ether oxygens (including phenoxy) is 1. The van der Waals surface area contributed by atoms with E-state index in [0.717, 1.165) is 5.56 Å². The highest BCUT2D eigenvalue weighted by Gasteiger charge is 2.61. The Kier molecular flexibility index (Phi) is 4.85. The maximum absolute atomic E-state index is 14.9. The maximum atomic E-state index is 14.9. The molecule has 2 aromatic carbocycles. The molecule has 0 aromatic heterocycles. The maximum Gasteiger partial charge on any atom is 0.318 e. The van der Waals surface area contributed by atoms with Crippen molar-refractivity contribution in [3.63, 3.8) is 0 Å². The molecule has 144 valence electrons. The Bertz CT molecular complexity index is 926. The molecule has 3 atom stereocenters. The third-order valence-corrected chi connectivity index (χ3v) is 5.75. The minimum absolute atomic E-state index is 0.0605. The van der Waals surface area contributed by atoms with Crippen molar-refractivity contribution in [2.45, 2.75) is 37.4 Å². The molecule has 2 aromatic rings. The van der Waals surface area contributed by atoms with Gasteiger partial charge in [0.15, 0.2) is 5.78 Å². The van der Waals surface area contributed by atoms with E-state index in [1.807, 2.05) is 35.2 Å². The first-order valence-electron chi connectivity index (χ1n) is 9.52. The molecule has 2 aliphatic heterocycles. The van der Waals surface area contributed by atoms with Gasteiger partial charge >= 0.3 is 5.97 Å². The summed E-state index contributed by atoms with van der Waals surface area (Å²) in [6.45, 7) is 2.43. The highest BCUT2D eigenvalue weighted by molar-refractivity contribution is 5.99. The summed E-state index contributed by atoms with van der Waals surface area (Å²) in [5.74, 6) is -0.997. The molecule has 2 heterocycles. The Labute approximate surface area is 163 Å². The van der Waals surface area contributed by atoms with Crippen molar-refractivity contribution in [1.29, 1.82) is 0 Å². The van der Waals surface area contributed by atoms with E-state index in [1.54, 1.807) is 31.2 Å². The summed E-state index contributed by atoms with van der Waals surface area (Å²) in [5.41, 5.74) is 0.0795. The van der Waals surface area contributed by atoms with Gasteiger partial charge in [0.25, 0.3) is 0 Å². The SMILES string of the molecule is CCOC(=O)C1(c2ccccc2F)CC2C(=O)C=CC1N2Cc1ccccc1. The number of hydrogen-bond acceptors (Lipinski definition) is 4. The van der Waals surface area contributed by atoms with Crippen molar-refractivity contribution >= 4 is 11.8 Å². The van der Waals surface area contributed by atoms with Crippen LogP contribution < -0.4 is 0 Å². The van der Waals surface area contributed by atoms with E-state index in [4.69, 9.17) is 4.74 Å². The molecule has 4 nitrogen and oxygen atoms in total. The van der Waals surface area contributed by atoms with Gasteiger partial charge in [0.2, 0.25) is 0 Å². The van der Waals surface area contributed by atoms with E-state index in [2.05, 4.69) is 0 Å². The normalized spacial score (nSPS) is 26.4. The van der Waals surface area contributed by atoms with Gasteiger partial charge in [0.1, 0.15) is 11.2 Å². The van der Waals surface area contributed by atoms with Crippen LogP contribution >= 0.6 is 0 Å². The average molecular weight is 379 g/mol. The van der Waals surface area contributed by atoms with Crippen LogP contribution in [0.25, 0.3) is 0 Å². The van der Waals surface area contributed by atoms with Gasteiger partial charge in [-0.25, -0.2) is 4.39 Å². The van der Waals surface area contributed by atoms with Crippen molar-refractivity contribution in [1.82, 2.24) is 4.90 Å². The van der Waals surface area contributed by atoms with Crippen LogP contribution in [0.3, 0.4) is 0 Å². The number of fused-ring (bicyclic) bond motifs is 2. The second-order valence-corrected chi connectivity index (χ2v) is 7.26. The van der Waals surface area contributed by atoms with Crippen LogP contribution in [-0.4, -0.2) is 35.3 Å². The van der Waals surface area contributed by atoms with Crippen LogP contribution in [-0.2, 0) is 26.3 Å². The first-order valence-corrected chi connectivity index (χ1v) is 9.52. The minimum Gasteiger partial charge on any atom is -0.465 e. The van der Waals surface area contributed by atoms with Crippen LogP contribution in [0, 0.1) is 5.82 Å². The minimum atomic E-state index is -1.25. The van der Waals surface area contributed by atoms with E-state index < -0.39 is 29.3 Å². The largest absolute Gasteiger partial charge is 0.465 e. The highest BCUT2D eigenvalue weighted by Crippen LogP contribution is 2.48. The predicted octanol–water partition coefficient (Wildman–Crippen LogP) is 3.41. The third-order valence-electron chi connectivity index (χ3n) is 5.75. The van der Waals surface area contributed by atoms with Crippen molar-refractivity contribution in [2.24, 2.45) is 0 Å². The molecule has 0 amide bonds. The van der Waals surface area contributed by atoms with Gasteiger partial charge < -0.3 is 4.74 Å². The molecule has 28 heavy (non-hydrogen) atoms. The van der Waals surface area contributed by atoms with Crippen LogP contribution in [0.5, 0.6) is 0 Å². The van der Waals surface area contributed by atoms with E-state index in [-0.39, 0.29) is 18.8 Å². The number of halogens is 1. The summed E-state index contributed by atoms with van der Waals surface area (Å²) >= 11 is 0. The standard InChI is InChI=1S/C23H22FNO3/c1-2-28-22(27)23(17-10-6-7-11-18(17)24)14-19-20(26)12-13-21(23)25(19)15-16-8-4-3-5-9-16/h3-13,19,21H,2,14-15H2,1H3. The quantitative estimate of drug-likeness (QED) is 0.747. The second-order valence-electron chi connectivity index (χ2n) is 7.26. The highest BCUT2D eigenvalue weighted by atomic mass is 19.1. The van der Waals surface area contributed by atoms with Gasteiger partial charge in [0.05, 0.1) is 12.6 Å². The predicted molar refractivity (Wildman–Crippen MR) is 103 cm³/mol. The van der Waals surface area contributed by atoms with Gasteiger partial charge in [-0.1, -0.05) is 54.6 Å². The molecule has 1 fully saturated rings. The van der Waals surface area contributed by atoms with Gasteiger partial charge in [-0.15, -0.1) is 0 Å². The molecule has 0 spiro atoms. The average Bonchev–Trinajstić information content (AvgIpc) is 2.93. The van der Waals surface area contributed by atoms with Crippen molar-refractivity contribution < 1.29 is 18.7 Å². The smallest absolute Gasteiger partial charge is 0.318 e. The summed E-state index contributed by atoms with van der Waals surface area (Å²) in [5, 5.41) is 0. The lowest BCUT2D eigenvalue weighted by Crippen LogP contribution is -2.50. The number of nitrogens with zero attached hydrogens (tertiary/aromatic N) is 1. The Morgan fingerprint density at radius 1 is 1.18 bits per heavy atom. The fraction of sp³-hybridized carbons (Fsp3) is 0.304. The molecule has 2 aliphatic rings. The van der Waals surface area contributed by atoms with Crippen LogP contribution in [0.1, 0.15) is 24.5 Å². The Hall–Kier alpha value is -2.79. The summed E-state index contributed by atoms with van der Waals surface area (Å²) in [6, 6.07) is 15.1. The van der Waals surface area contributed by atoms with Gasteiger partial charge in [-0.2, -0.15) is 0 Å². The number of ketones is 1. The number of benzene rings is 2. The van der Waals surface area contributed by atoms with Gasteiger partial charge in [0, 0.05) is 18.2 Å². The van der Waals surface area contributed by atoms with E-state index in [9.17, 15) is 14.0 Å². The van der Waals surface area contributed by atoms with E-state index >= 15 is 0 Å². The number of carbonyl (C=O) groups is 2. The van der Waals surface area contributed by atoms with Gasteiger partial charge in [-0.3, -0.25) is 14.5 Å². The first-order chi connectivity index (χ1) is 13.6. The molecular weight excluding hydrogens is 357 g/mol. The summed E-state index contributed by atoms with van der Waals surface area (Å²) in [4.78, 5) is 27.9. The first kappa shape index (κ1) is 18.6. The molecule has 0 radical (unpaired) electrons. The zero-order valence-electron chi connectivity index (χ0n) is 15.7. The summed E-state index contributed by atoms with van der Waals surface area (Å²) in [6.07, 6.45) is 3.47. The fourth-order valence-electron chi connectivity index (χ4n) is 4.52. The van der Waals surface area contributed by atoms with Crippen LogP contribution in [0.2, 0.25) is 0 Å². The Balaban J connectivity index is 1.83. The number of hydrogen-bond donors (Lipinski definition) is 0. The lowest BCUT2D eigenvalue weighted by molar-refractivity contribution is -0.151. The lowest BCUT2D eigenvalue weighted by atomic mass is 9.73. The number of carbonyl (C=O) groups excluding carboxylic acids is 2. The molecule has 5 heteroatoms. The Morgan fingerprint density at radius 3 is 2.61 bits per heavy atom. The third kappa shape index (κ3) is 2.87. The zero-order chi connectivity index (χ0) is 19.7. The molecule has 0 saturated carbocycles. The molecule has 1 saturated heterocycles. The van der Waals surface area contributed by atoms with Gasteiger partial charge in [-0.05, 0) is 31.1 Å². The van der Waals surface area contributed by atoms with Crippen molar-refractivity contribution in [3.8, 4) is 0 Å². The molecule has 0 aliphatic carbocycles. The molecule has 2 bridgehead atoms. The van der Waals surface area contributed by atoms with Crippen molar-refractivity contribution in [2.75, 3.05) is 6.61 Å². The van der Waals surface area contributed by atoms with E-state index in [0.29, 0.717) is 12.1 Å². The number of esters is 1. The second kappa shape index (κ2) is 7.32. The van der Waals surface area contributed by atoms with Crippen LogP contribution in [0.4, 0.5) is 4.39 Å².